The zero-order valence-electron chi connectivity index (χ0n) is 15.8. The fourth-order valence-electron chi connectivity index (χ4n) is 3.12. The lowest BCUT2D eigenvalue weighted by Crippen LogP contribution is -2.37. The zero-order valence-corrected chi connectivity index (χ0v) is 15.8. The first kappa shape index (κ1) is 20.7. The monoisotopic (exact) mass is 406 g/mol. The van der Waals surface area contributed by atoms with Crippen molar-refractivity contribution < 1.29 is 27.5 Å². The Morgan fingerprint density at radius 3 is 2.55 bits per heavy atom. The number of benzene rings is 2. The van der Waals surface area contributed by atoms with Gasteiger partial charge in [-0.15, -0.1) is 0 Å². The summed E-state index contributed by atoms with van der Waals surface area (Å²) in [6.07, 6.45) is -2.32. The molecule has 0 unspecified atom stereocenters. The lowest BCUT2D eigenvalue weighted by molar-refractivity contribution is -0.137. The van der Waals surface area contributed by atoms with Gasteiger partial charge in [0.15, 0.2) is 0 Å². The molecule has 3 rings (SSSR count). The molecule has 1 saturated heterocycles. The minimum absolute atomic E-state index is 0.0423. The van der Waals surface area contributed by atoms with Crippen LogP contribution in [0.15, 0.2) is 42.5 Å². The van der Waals surface area contributed by atoms with Gasteiger partial charge in [-0.2, -0.15) is 13.2 Å². The highest BCUT2D eigenvalue weighted by atomic mass is 19.4. The van der Waals surface area contributed by atoms with E-state index >= 15 is 0 Å². The Bertz CT molecular complexity index is 891. The SMILES string of the molecule is Cc1ccc(NC(=O)c2cccc(C(F)(F)F)c2)cc1OC1CCN(C=O)CC1. The molecule has 1 aliphatic heterocycles. The predicted octanol–water partition coefficient (Wildman–Crippen LogP) is 4.27. The fourth-order valence-corrected chi connectivity index (χ4v) is 3.12. The first-order valence-corrected chi connectivity index (χ1v) is 9.21. The van der Waals surface area contributed by atoms with E-state index in [-0.39, 0.29) is 11.7 Å². The van der Waals surface area contributed by atoms with Gasteiger partial charge >= 0.3 is 6.18 Å². The van der Waals surface area contributed by atoms with E-state index < -0.39 is 17.6 Å². The second-order valence-corrected chi connectivity index (χ2v) is 6.97. The average Bonchev–Trinajstić information content (AvgIpc) is 2.70. The zero-order chi connectivity index (χ0) is 21.0. The highest BCUT2D eigenvalue weighted by molar-refractivity contribution is 6.04. The van der Waals surface area contributed by atoms with Gasteiger partial charge in [0.25, 0.3) is 5.91 Å². The molecule has 5 nitrogen and oxygen atoms in total. The number of aryl methyl sites for hydroxylation is 1. The molecular formula is C21H21F3N2O3. The number of amides is 2. The molecule has 0 aliphatic carbocycles. The summed E-state index contributed by atoms with van der Waals surface area (Å²) >= 11 is 0. The second kappa shape index (κ2) is 8.55. The number of piperidine rings is 1. The number of halogens is 3. The van der Waals surface area contributed by atoms with Gasteiger partial charge in [-0.1, -0.05) is 12.1 Å². The molecule has 1 aliphatic rings. The van der Waals surface area contributed by atoms with Gasteiger partial charge in [0.2, 0.25) is 6.41 Å². The van der Waals surface area contributed by atoms with Crippen molar-refractivity contribution in [2.24, 2.45) is 0 Å². The van der Waals surface area contributed by atoms with Crippen molar-refractivity contribution in [1.29, 1.82) is 0 Å². The van der Waals surface area contributed by atoms with E-state index in [1.165, 1.54) is 12.1 Å². The van der Waals surface area contributed by atoms with Crippen LogP contribution in [0.4, 0.5) is 18.9 Å². The van der Waals surface area contributed by atoms with Gasteiger partial charge in [0.05, 0.1) is 5.56 Å². The molecule has 0 atom stereocenters. The van der Waals surface area contributed by atoms with Gasteiger partial charge in [-0.05, 0) is 36.8 Å². The molecule has 154 valence electrons. The van der Waals surface area contributed by atoms with E-state index in [0.717, 1.165) is 24.1 Å². The summed E-state index contributed by atoms with van der Waals surface area (Å²) in [5, 5.41) is 2.62. The third-order valence-electron chi connectivity index (χ3n) is 4.82. The smallest absolute Gasteiger partial charge is 0.416 e. The van der Waals surface area contributed by atoms with Crippen LogP contribution in [0.3, 0.4) is 0 Å². The summed E-state index contributed by atoms with van der Waals surface area (Å²) in [5.41, 5.74) is 0.349. The number of rotatable bonds is 5. The molecule has 8 heteroatoms. The van der Waals surface area contributed by atoms with E-state index in [2.05, 4.69) is 5.32 Å². The Balaban J connectivity index is 1.70. The highest BCUT2D eigenvalue weighted by Gasteiger charge is 2.31. The van der Waals surface area contributed by atoms with Crippen molar-refractivity contribution in [2.75, 3.05) is 18.4 Å². The topological polar surface area (TPSA) is 58.6 Å². The molecule has 0 spiro atoms. The molecule has 0 radical (unpaired) electrons. The maximum atomic E-state index is 12.9. The Labute approximate surface area is 166 Å². The number of alkyl halides is 3. The summed E-state index contributed by atoms with van der Waals surface area (Å²) in [7, 11) is 0. The van der Waals surface area contributed by atoms with E-state index in [1.54, 1.807) is 23.1 Å². The van der Waals surface area contributed by atoms with Crippen LogP contribution in [0.5, 0.6) is 5.75 Å². The second-order valence-electron chi connectivity index (χ2n) is 6.97. The molecule has 1 heterocycles. The van der Waals surface area contributed by atoms with Gasteiger partial charge in [0, 0.05) is 43.2 Å². The molecular weight excluding hydrogens is 385 g/mol. The first-order chi connectivity index (χ1) is 13.8. The Hall–Kier alpha value is -3.03. The lowest BCUT2D eigenvalue weighted by Gasteiger charge is -2.30. The van der Waals surface area contributed by atoms with Crippen molar-refractivity contribution in [3.8, 4) is 5.75 Å². The molecule has 2 aromatic carbocycles. The van der Waals surface area contributed by atoms with Crippen molar-refractivity contribution >= 4 is 18.0 Å². The predicted molar refractivity (Wildman–Crippen MR) is 102 cm³/mol. The van der Waals surface area contributed by atoms with Crippen molar-refractivity contribution in [2.45, 2.75) is 32.0 Å². The van der Waals surface area contributed by atoms with Crippen LogP contribution in [0.2, 0.25) is 0 Å². The van der Waals surface area contributed by atoms with Crippen LogP contribution in [-0.4, -0.2) is 36.4 Å². The van der Waals surface area contributed by atoms with Crippen LogP contribution in [0.25, 0.3) is 0 Å². The molecule has 29 heavy (non-hydrogen) atoms. The number of anilines is 1. The van der Waals surface area contributed by atoms with Crippen molar-refractivity contribution in [3.63, 3.8) is 0 Å². The third kappa shape index (κ3) is 5.28. The van der Waals surface area contributed by atoms with Gasteiger partial charge in [-0.25, -0.2) is 0 Å². The molecule has 2 aromatic rings. The number of likely N-dealkylation sites (tertiary alicyclic amines) is 1. The molecule has 0 bridgehead atoms. The van der Waals surface area contributed by atoms with Crippen LogP contribution >= 0.6 is 0 Å². The van der Waals surface area contributed by atoms with Crippen molar-refractivity contribution in [3.05, 3.63) is 59.2 Å². The summed E-state index contributed by atoms with van der Waals surface area (Å²) < 4.78 is 44.6. The van der Waals surface area contributed by atoms with Gasteiger partial charge < -0.3 is 15.0 Å². The molecule has 2 amide bonds. The third-order valence-corrected chi connectivity index (χ3v) is 4.82. The number of nitrogens with zero attached hydrogens (tertiary/aromatic N) is 1. The highest BCUT2D eigenvalue weighted by Crippen LogP contribution is 2.30. The van der Waals surface area contributed by atoms with Crippen LogP contribution in [0.1, 0.15) is 34.3 Å². The number of carbonyl (C=O) groups excluding carboxylic acids is 2. The van der Waals surface area contributed by atoms with E-state index in [9.17, 15) is 22.8 Å². The first-order valence-electron chi connectivity index (χ1n) is 9.21. The molecule has 1 N–H and O–H groups in total. The minimum Gasteiger partial charge on any atom is -0.490 e. The number of hydrogen-bond acceptors (Lipinski definition) is 3. The Kier molecular flexibility index (Phi) is 6.10. The fraction of sp³-hybridized carbons (Fsp3) is 0.333. The quantitative estimate of drug-likeness (QED) is 0.755. The molecule has 0 aromatic heterocycles. The molecule has 1 fully saturated rings. The summed E-state index contributed by atoms with van der Waals surface area (Å²) in [5.74, 6) is -0.0402. The summed E-state index contributed by atoms with van der Waals surface area (Å²) in [6, 6.07) is 9.38. The minimum atomic E-state index is -4.51. The maximum Gasteiger partial charge on any atom is 0.416 e. The van der Waals surface area contributed by atoms with Crippen LogP contribution in [-0.2, 0) is 11.0 Å². The lowest BCUT2D eigenvalue weighted by atomic mass is 10.1. The maximum absolute atomic E-state index is 12.9. The summed E-state index contributed by atoms with van der Waals surface area (Å²) in [4.78, 5) is 24.9. The number of carbonyl (C=O) groups is 2. The number of ether oxygens (including phenoxy) is 1. The normalized spacial score (nSPS) is 15.1. The molecule has 0 saturated carbocycles. The largest absolute Gasteiger partial charge is 0.490 e. The van der Waals surface area contributed by atoms with Crippen LogP contribution in [0, 0.1) is 6.92 Å². The van der Waals surface area contributed by atoms with Gasteiger partial charge in [0.1, 0.15) is 11.9 Å². The Morgan fingerprint density at radius 2 is 1.90 bits per heavy atom. The average molecular weight is 406 g/mol. The van der Waals surface area contributed by atoms with E-state index in [1.807, 2.05) is 6.92 Å². The van der Waals surface area contributed by atoms with Crippen molar-refractivity contribution in [1.82, 2.24) is 4.90 Å². The Morgan fingerprint density at radius 1 is 1.17 bits per heavy atom. The van der Waals surface area contributed by atoms with E-state index in [0.29, 0.717) is 37.4 Å². The van der Waals surface area contributed by atoms with Gasteiger partial charge in [-0.3, -0.25) is 9.59 Å². The van der Waals surface area contributed by atoms with E-state index in [4.69, 9.17) is 4.74 Å². The standard InChI is InChI=1S/C21H21F3N2O3/c1-14-5-6-17(12-19(14)29-18-7-9-26(13-27)10-8-18)25-20(28)15-3-2-4-16(11-15)21(22,23)24/h2-6,11-13,18H,7-10H2,1H3,(H,25,28). The number of hydrogen-bond donors (Lipinski definition) is 1. The number of nitrogens with one attached hydrogen (secondary N) is 1. The van der Waals surface area contributed by atoms with Crippen LogP contribution < -0.4 is 10.1 Å². The summed E-state index contributed by atoms with van der Waals surface area (Å²) in [6.45, 7) is 3.12.